The molecule has 8 heteroatoms. The maximum atomic E-state index is 13.5. The number of hydrogen-bond donors (Lipinski definition) is 1. The Bertz CT molecular complexity index is 1160. The number of amides is 2. The van der Waals surface area contributed by atoms with Crippen molar-refractivity contribution in [2.75, 3.05) is 23.7 Å². The summed E-state index contributed by atoms with van der Waals surface area (Å²) in [5.74, 6) is -0.307. The Kier molecular flexibility index (Phi) is 11.6. The fourth-order valence-corrected chi connectivity index (χ4v) is 5.44. The summed E-state index contributed by atoms with van der Waals surface area (Å²) in [6, 6.07) is 12.9. The van der Waals surface area contributed by atoms with Crippen LogP contribution in [0.5, 0.6) is 0 Å². The molecule has 2 rings (SSSR count). The molecule has 0 saturated carbocycles. The van der Waals surface area contributed by atoms with E-state index in [1.165, 1.54) is 10.6 Å². The molecule has 1 atom stereocenters. The van der Waals surface area contributed by atoms with Gasteiger partial charge in [-0.15, -0.1) is 0 Å². The van der Waals surface area contributed by atoms with E-state index < -0.39 is 16.1 Å². The molecule has 0 heterocycles. The fourth-order valence-electron chi connectivity index (χ4n) is 4.42. The number of sulfonamides is 1. The van der Waals surface area contributed by atoms with Gasteiger partial charge in [0.1, 0.15) is 6.04 Å². The summed E-state index contributed by atoms with van der Waals surface area (Å²) >= 11 is 0. The van der Waals surface area contributed by atoms with E-state index in [-0.39, 0.29) is 24.8 Å². The molecule has 0 aromatic heterocycles. The van der Waals surface area contributed by atoms with E-state index >= 15 is 0 Å². The zero-order valence-electron chi connectivity index (χ0n) is 23.2. The van der Waals surface area contributed by atoms with E-state index in [2.05, 4.69) is 12.2 Å². The Labute approximate surface area is 223 Å². The van der Waals surface area contributed by atoms with Gasteiger partial charge in [-0.05, 0) is 62.8 Å². The Hall–Kier alpha value is -2.87. The number of nitrogens with zero attached hydrogens (tertiary/aromatic N) is 2. The molecule has 1 N–H and O–H groups in total. The highest BCUT2D eigenvalue weighted by Crippen LogP contribution is 2.25. The molecule has 0 aliphatic heterocycles. The smallest absolute Gasteiger partial charge is 0.242 e. The Balaban J connectivity index is 2.23. The van der Waals surface area contributed by atoms with Crippen LogP contribution in [0.25, 0.3) is 0 Å². The molecule has 7 nitrogen and oxygen atoms in total. The molecule has 0 bridgehead atoms. The van der Waals surface area contributed by atoms with Gasteiger partial charge in [0.05, 0.1) is 11.9 Å². The minimum atomic E-state index is -3.53. The van der Waals surface area contributed by atoms with Gasteiger partial charge in [-0.1, -0.05) is 62.2 Å². The third-order valence-corrected chi connectivity index (χ3v) is 7.83. The molecule has 0 aliphatic rings. The predicted molar refractivity (Wildman–Crippen MR) is 151 cm³/mol. The summed E-state index contributed by atoms with van der Waals surface area (Å²) in [5, 5.41) is 2.97. The number of nitrogens with one attached hydrogen (secondary N) is 1. The maximum Gasteiger partial charge on any atom is 0.242 e. The van der Waals surface area contributed by atoms with E-state index in [1.807, 2.05) is 64.1 Å². The Morgan fingerprint density at radius 2 is 1.70 bits per heavy atom. The average molecular weight is 530 g/mol. The van der Waals surface area contributed by atoms with Gasteiger partial charge in [0.2, 0.25) is 21.8 Å². The summed E-state index contributed by atoms with van der Waals surface area (Å²) in [5.41, 5.74) is 4.58. The van der Waals surface area contributed by atoms with Crippen LogP contribution < -0.4 is 9.62 Å². The summed E-state index contributed by atoms with van der Waals surface area (Å²) in [6.07, 6.45) is 4.02. The first-order chi connectivity index (χ1) is 17.5. The van der Waals surface area contributed by atoms with Crippen LogP contribution >= 0.6 is 0 Å². The number of rotatable bonds is 14. The van der Waals surface area contributed by atoms with Crippen molar-refractivity contribution in [2.24, 2.45) is 0 Å². The lowest BCUT2D eigenvalue weighted by Crippen LogP contribution is -2.49. The molecular weight excluding hydrogens is 486 g/mol. The number of aryl methyl sites for hydroxylation is 2. The molecule has 2 aromatic carbocycles. The number of carbonyl (C=O) groups excluding carboxylic acids is 2. The highest BCUT2D eigenvalue weighted by Gasteiger charge is 2.29. The normalized spacial score (nSPS) is 12.2. The summed E-state index contributed by atoms with van der Waals surface area (Å²) in [6.45, 7) is 10.9. The van der Waals surface area contributed by atoms with Crippen molar-refractivity contribution in [3.05, 3.63) is 64.7 Å². The van der Waals surface area contributed by atoms with Gasteiger partial charge in [-0.25, -0.2) is 8.42 Å². The van der Waals surface area contributed by atoms with Crippen LogP contribution in [0.2, 0.25) is 0 Å². The Morgan fingerprint density at radius 3 is 2.32 bits per heavy atom. The van der Waals surface area contributed by atoms with Gasteiger partial charge in [0, 0.05) is 26.1 Å². The SMILES string of the molecule is CCCCNC(=O)[C@H](CC)N(Cc1cccc(C)c1)C(=O)CCCN(c1cccc(C)c1C)S(C)(=O)=O. The first kappa shape index (κ1) is 30.4. The van der Waals surface area contributed by atoms with E-state index in [4.69, 9.17) is 0 Å². The van der Waals surface area contributed by atoms with Gasteiger partial charge >= 0.3 is 0 Å². The lowest BCUT2D eigenvalue weighted by atomic mass is 10.1. The van der Waals surface area contributed by atoms with Crippen LogP contribution in [0.4, 0.5) is 5.69 Å². The lowest BCUT2D eigenvalue weighted by Gasteiger charge is -2.31. The zero-order chi connectivity index (χ0) is 27.6. The summed E-state index contributed by atoms with van der Waals surface area (Å²) in [4.78, 5) is 28.2. The first-order valence-corrected chi connectivity index (χ1v) is 15.0. The van der Waals surface area contributed by atoms with Crippen molar-refractivity contribution in [3.8, 4) is 0 Å². The zero-order valence-corrected chi connectivity index (χ0v) is 24.0. The van der Waals surface area contributed by atoms with Gasteiger partial charge in [0.15, 0.2) is 0 Å². The van der Waals surface area contributed by atoms with Crippen LogP contribution in [-0.4, -0.2) is 50.5 Å². The number of hydrogen-bond acceptors (Lipinski definition) is 4. The van der Waals surface area contributed by atoms with E-state index in [0.717, 1.165) is 35.1 Å². The molecular formula is C29H43N3O4S. The number of unbranched alkanes of at least 4 members (excludes halogenated alkanes) is 1. The van der Waals surface area contributed by atoms with Crippen LogP contribution in [0.3, 0.4) is 0 Å². The predicted octanol–water partition coefficient (Wildman–Crippen LogP) is 4.88. The second kappa shape index (κ2) is 14.2. The highest BCUT2D eigenvalue weighted by molar-refractivity contribution is 7.92. The summed E-state index contributed by atoms with van der Waals surface area (Å²) < 4.78 is 26.6. The minimum absolute atomic E-state index is 0.140. The van der Waals surface area contributed by atoms with Gasteiger partial charge in [-0.3, -0.25) is 13.9 Å². The third kappa shape index (κ3) is 8.88. The van der Waals surface area contributed by atoms with Gasteiger partial charge in [0.25, 0.3) is 0 Å². The quantitative estimate of drug-likeness (QED) is 0.353. The van der Waals surface area contributed by atoms with Crippen LogP contribution in [0.1, 0.15) is 68.2 Å². The Morgan fingerprint density at radius 1 is 1.00 bits per heavy atom. The highest BCUT2D eigenvalue weighted by atomic mass is 32.2. The second-order valence-electron chi connectivity index (χ2n) is 9.74. The average Bonchev–Trinajstić information content (AvgIpc) is 2.83. The minimum Gasteiger partial charge on any atom is -0.354 e. The number of benzene rings is 2. The second-order valence-corrected chi connectivity index (χ2v) is 11.6. The van der Waals surface area contributed by atoms with E-state index in [0.29, 0.717) is 31.6 Å². The molecule has 37 heavy (non-hydrogen) atoms. The van der Waals surface area contributed by atoms with Crippen molar-refractivity contribution in [1.29, 1.82) is 0 Å². The standard InChI is InChI=1S/C29H43N3O4S/c1-7-9-18-30-29(34)26(8-2)31(21-25-15-10-13-22(3)20-25)28(33)17-12-19-32(37(6,35)36)27-16-11-14-23(4)24(27)5/h10-11,13-16,20,26H,7-9,12,17-19,21H2,1-6H3,(H,30,34)/t26-/m0/s1. The van der Waals surface area contributed by atoms with Gasteiger partial charge in [-0.2, -0.15) is 0 Å². The van der Waals surface area contributed by atoms with Gasteiger partial charge < -0.3 is 10.2 Å². The van der Waals surface area contributed by atoms with Crippen molar-refractivity contribution < 1.29 is 18.0 Å². The van der Waals surface area contributed by atoms with Crippen molar-refractivity contribution in [2.45, 2.75) is 79.3 Å². The molecule has 2 aromatic rings. The molecule has 0 fully saturated rings. The molecule has 0 saturated heterocycles. The van der Waals surface area contributed by atoms with Crippen molar-refractivity contribution in [1.82, 2.24) is 10.2 Å². The molecule has 0 unspecified atom stereocenters. The lowest BCUT2D eigenvalue weighted by molar-refractivity contribution is -0.141. The number of carbonyl (C=O) groups is 2. The van der Waals surface area contributed by atoms with Crippen LogP contribution in [-0.2, 0) is 26.2 Å². The van der Waals surface area contributed by atoms with Crippen molar-refractivity contribution in [3.63, 3.8) is 0 Å². The molecule has 0 aliphatic carbocycles. The fraction of sp³-hybridized carbons (Fsp3) is 0.517. The summed E-state index contributed by atoms with van der Waals surface area (Å²) in [7, 11) is -3.53. The van der Waals surface area contributed by atoms with E-state index in [1.54, 1.807) is 11.0 Å². The molecule has 2 amide bonds. The largest absolute Gasteiger partial charge is 0.354 e. The maximum absolute atomic E-state index is 13.5. The first-order valence-electron chi connectivity index (χ1n) is 13.2. The molecule has 0 spiro atoms. The molecule has 0 radical (unpaired) electrons. The van der Waals surface area contributed by atoms with Crippen molar-refractivity contribution >= 4 is 27.5 Å². The monoisotopic (exact) mass is 529 g/mol. The number of anilines is 1. The van der Waals surface area contributed by atoms with Crippen LogP contribution in [0.15, 0.2) is 42.5 Å². The third-order valence-electron chi connectivity index (χ3n) is 6.65. The molecule has 204 valence electrons. The topological polar surface area (TPSA) is 86.8 Å². The van der Waals surface area contributed by atoms with E-state index in [9.17, 15) is 18.0 Å². The van der Waals surface area contributed by atoms with Crippen LogP contribution in [0, 0.1) is 20.8 Å².